The minimum absolute atomic E-state index is 0.126. The predicted octanol–water partition coefficient (Wildman–Crippen LogP) is 6.17. The van der Waals surface area contributed by atoms with Gasteiger partial charge in [0.2, 0.25) is 5.88 Å². The number of anilines is 1. The lowest BCUT2D eigenvalue weighted by Gasteiger charge is -2.14. The standard InChI is InChI=1S/C26H21F3N4O3/c1-3-23-30-13-11-20(33-23)19-8-5-12-31-25(19)36-21-10-9-18(15-22(21)35-2)32-24(34)16-6-4-7-17(14-16)26(27,28)29/h4-15H,3H2,1-2H3,(H,32,34). The summed E-state index contributed by atoms with van der Waals surface area (Å²) in [6, 6.07) is 14.1. The first kappa shape index (κ1) is 24.6. The molecule has 184 valence electrons. The van der Waals surface area contributed by atoms with E-state index < -0.39 is 17.6 Å². The molecule has 4 aromatic rings. The van der Waals surface area contributed by atoms with Crippen LogP contribution < -0.4 is 14.8 Å². The summed E-state index contributed by atoms with van der Waals surface area (Å²) in [5.74, 6) is 0.877. The van der Waals surface area contributed by atoms with Crippen LogP contribution in [0.2, 0.25) is 0 Å². The lowest BCUT2D eigenvalue weighted by atomic mass is 10.1. The maximum absolute atomic E-state index is 13.0. The molecule has 0 aliphatic rings. The number of ether oxygens (including phenoxy) is 2. The predicted molar refractivity (Wildman–Crippen MR) is 127 cm³/mol. The van der Waals surface area contributed by atoms with E-state index in [-0.39, 0.29) is 17.2 Å². The quantitative estimate of drug-likeness (QED) is 0.331. The fourth-order valence-electron chi connectivity index (χ4n) is 3.36. The van der Waals surface area contributed by atoms with Crippen molar-refractivity contribution in [3.8, 4) is 28.6 Å². The lowest BCUT2D eigenvalue weighted by molar-refractivity contribution is -0.137. The molecule has 0 saturated carbocycles. The molecule has 0 saturated heterocycles. The number of hydrogen-bond acceptors (Lipinski definition) is 6. The van der Waals surface area contributed by atoms with Crippen molar-refractivity contribution >= 4 is 11.6 Å². The summed E-state index contributed by atoms with van der Waals surface area (Å²) in [6.45, 7) is 1.96. The summed E-state index contributed by atoms with van der Waals surface area (Å²) in [7, 11) is 1.43. The van der Waals surface area contributed by atoms with Crippen molar-refractivity contribution in [1.82, 2.24) is 15.0 Å². The number of halogens is 3. The maximum atomic E-state index is 13.0. The Balaban J connectivity index is 1.57. The molecule has 0 radical (unpaired) electrons. The molecule has 0 atom stereocenters. The van der Waals surface area contributed by atoms with Crippen LogP contribution in [0.25, 0.3) is 11.3 Å². The number of aryl methyl sites for hydroxylation is 1. The molecule has 0 unspecified atom stereocenters. The summed E-state index contributed by atoms with van der Waals surface area (Å²) in [5.41, 5.74) is 0.578. The van der Waals surface area contributed by atoms with Crippen LogP contribution in [0.5, 0.6) is 17.4 Å². The topological polar surface area (TPSA) is 86.2 Å². The van der Waals surface area contributed by atoms with E-state index in [9.17, 15) is 18.0 Å². The molecule has 2 aromatic heterocycles. The molecule has 0 aliphatic carbocycles. The summed E-state index contributed by atoms with van der Waals surface area (Å²) < 4.78 is 50.4. The average Bonchev–Trinajstić information content (AvgIpc) is 2.89. The number of methoxy groups -OCH3 is 1. The molecule has 1 amide bonds. The summed E-state index contributed by atoms with van der Waals surface area (Å²) in [6.07, 6.45) is -0.629. The number of benzene rings is 2. The Morgan fingerprint density at radius 3 is 2.56 bits per heavy atom. The molecule has 7 nitrogen and oxygen atoms in total. The Morgan fingerprint density at radius 1 is 0.972 bits per heavy atom. The number of alkyl halides is 3. The number of nitrogens with one attached hydrogen (secondary N) is 1. The van der Waals surface area contributed by atoms with E-state index in [0.29, 0.717) is 34.9 Å². The van der Waals surface area contributed by atoms with E-state index in [0.717, 1.165) is 12.1 Å². The molecule has 0 fully saturated rings. The van der Waals surface area contributed by atoms with E-state index in [1.807, 2.05) is 13.0 Å². The van der Waals surface area contributed by atoms with Crippen LogP contribution >= 0.6 is 0 Å². The summed E-state index contributed by atoms with van der Waals surface area (Å²) in [4.78, 5) is 25.6. The van der Waals surface area contributed by atoms with Crippen molar-refractivity contribution in [2.75, 3.05) is 12.4 Å². The van der Waals surface area contributed by atoms with E-state index in [1.165, 1.54) is 25.3 Å². The third kappa shape index (κ3) is 5.60. The van der Waals surface area contributed by atoms with E-state index in [1.54, 1.807) is 36.7 Å². The molecule has 0 bridgehead atoms. The molecule has 36 heavy (non-hydrogen) atoms. The van der Waals surface area contributed by atoms with Crippen molar-refractivity contribution in [2.24, 2.45) is 0 Å². The Labute approximate surface area is 205 Å². The summed E-state index contributed by atoms with van der Waals surface area (Å²) >= 11 is 0. The SMILES string of the molecule is CCc1nccc(-c2cccnc2Oc2ccc(NC(=O)c3cccc(C(F)(F)F)c3)cc2OC)n1. The number of pyridine rings is 1. The van der Waals surface area contributed by atoms with Crippen LogP contribution in [-0.4, -0.2) is 28.0 Å². The van der Waals surface area contributed by atoms with Gasteiger partial charge in [0.05, 0.1) is 23.9 Å². The van der Waals surface area contributed by atoms with Crippen molar-refractivity contribution in [1.29, 1.82) is 0 Å². The summed E-state index contributed by atoms with van der Waals surface area (Å²) in [5, 5.41) is 2.58. The highest BCUT2D eigenvalue weighted by atomic mass is 19.4. The van der Waals surface area contributed by atoms with Crippen LogP contribution in [0.3, 0.4) is 0 Å². The maximum Gasteiger partial charge on any atom is 0.416 e. The Hall–Kier alpha value is -4.47. The van der Waals surface area contributed by atoms with Crippen molar-refractivity contribution < 1.29 is 27.4 Å². The number of amides is 1. The molecule has 1 N–H and O–H groups in total. The van der Waals surface area contributed by atoms with Crippen LogP contribution in [0.1, 0.15) is 28.7 Å². The number of nitrogens with zero attached hydrogens (tertiary/aromatic N) is 3. The average molecular weight is 494 g/mol. The van der Waals surface area contributed by atoms with Gasteiger partial charge in [-0.1, -0.05) is 13.0 Å². The Morgan fingerprint density at radius 2 is 1.81 bits per heavy atom. The van der Waals surface area contributed by atoms with Gasteiger partial charge in [0, 0.05) is 36.1 Å². The zero-order chi connectivity index (χ0) is 25.7. The van der Waals surface area contributed by atoms with Crippen LogP contribution in [0.15, 0.2) is 73.1 Å². The van der Waals surface area contributed by atoms with Crippen molar-refractivity contribution in [3.63, 3.8) is 0 Å². The highest BCUT2D eigenvalue weighted by molar-refractivity contribution is 6.04. The van der Waals surface area contributed by atoms with Gasteiger partial charge in [-0.3, -0.25) is 4.79 Å². The third-order valence-corrected chi connectivity index (χ3v) is 5.15. The van der Waals surface area contributed by atoms with E-state index in [4.69, 9.17) is 9.47 Å². The Bertz CT molecular complexity index is 1390. The fourth-order valence-corrected chi connectivity index (χ4v) is 3.36. The minimum Gasteiger partial charge on any atom is -0.493 e. The number of carbonyl (C=O) groups excluding carboxylic acids is 1. The van der Waals surface area contributed by atoms with Gasteiger partial charge in [-0.15, -0.1) is 0 Å². The first-order valence-corrected chi connectivity index (χ1v) is 10.9. The van der Waals surface area contributed by atoms with Gasteiger partial charge in [-0.2, -0.15) is 13.2 Å². The number of hydrogen-bond donors (Lipinski definition) is 1. The second-order valence-electron chi connectivity index (χ2n) is 7.57. The normalized spacial score (nSPS) is 11.1. The van der Waals surface area contributed by atoms with Crippen LogP contribution in [0, 0.1) is 0 Å². The van der Waals surface area contributed by atoms with Gasteiger partial charge < -0.3 is 14.8 Å². The van der Waals surface area contributed by atoms with Gasteiger partial charge in [-0.25, -0.2) is 15.0 Å². The van der Waals surface area contributed by atoms with Gasteiger partial charge >= 0.3 is 6.18 Å². The highest BCUT2D eigenvalue weighted by Gasteiger charge is 2.31. The monoisotopic (exact) mass is 494 g/mol. The van der Waals surface area contributed by atoms with Crippen LogP contribution in [-0.2, 0) is 12.6 Å². The second kappa shape index (κ2) is 10.4. The molecule has 2 heterocycles. The Kier molecular flexibility index (Phi) is 7.14. The number of carbonyl (C=O) groups is 1. The molecule has 2 aromatic carbocycles. The largest absolute Gasteiger partial charge is 0.493 e. The number of aromatic nitrogens is 3. The molecule has 10 heteroatoms. The first-order chi connectivity index (χ1) is 17.3. The molecule has 4 rings (SSSR count). The van der Waals surface area contributed by atoms with Crippen LogP contribution in [0.4, 0.5) is 18.9 Å². The molecule has 0 aliphatic heterocycles. The molecular weight excluding hydrogens is 473 g/mol. The molecule has 0 spiro atoms. The van der Waals surface area contributed by atoms with Gasteiger partial charge in [0.1, 0.15) is 5.82 Å². The number of rotatable bonds is 7. The van der Waals surface area contributed by atoms with Gasteiger partial charge in [-0.05, 0) is 48.5 Å². The van der Waals surface area contributed by atoms with Crippen molar-refractivity contribution in [3.05, 3.63) is 90.0 Å². The highest BCUT2D eigenvalue weighted by Crippen LogP contribution is 2.37. The van der Waals surface area contributed by atoms with Crippen molar-refractivity contribution in [2.45, 2.75) is 19.5 Å². The lowest BCUT2D eigenvalue weighted by Crippen LogP contribution is -2.14. The zero-order valence-electron chi connectivity index (χ0n) is 19.3. The van der Waals surface area contributed by atoms with E-state index in [2.05, 4.69) is 20.3 Å². The fraction of sp³-hybridized carbons (Fsp3) is 0.154. The van der Waals surface area contributed by atoms with Gasteiger partial charge in [0.25, 0.3) is 5.91 Å². The minimum atomic E-state index is -4.55. The van der Waals surface area contributed by atoms with Gasteiger partial charge in [0.15, 0.2) is 11.5 Å². The second-order valence-corrected chi connectivity index (χ2v) is 7.57. The first-order valence-electron chi connectivity index (χ1n) is 10.9. The zero-order valence-corrected chi connectivity index (χ0v) is 19.3. The third-order valence-electron chi connectivity index (χ3n) is 5.15. The van der Waals surface area contributed by atoms with E-state index >= 15 is 0 Å². The smallest absolute Gasteiger partial charge is 0.416 e. The molecular formula is C26H21F3N4O3.